The molecule has 0 radical (unpaired) electrons. The van der Waals surface area contributed by atoms with Crippen LogP contribution in [0.5, 0.6) is 0 Å². The summed E-state index contributed by atoms with van der Waals surface area (Å²) in [5.74, 6) is -1.16. The van der Waals surface area contributed by atoms with Crippen molar-refractivity contribution in [2.75, 3.05) is 0 Å². The van der Waals surface area contributed by atoms with E-state index in [9.17, 15) is 13.6 Å². The van der Waals surface area contributed by atoms with Gasteiger partial charge in [-0.15, -0.1) is 0 Å². The molecule has 0 N–H and O–H groups in total. The molecule has 0 aliphatic carbocycles. The number of halogens is 2. The maximum absolute atomic E-state index is 14.0. The Morgan fingerprint density at radius 3 is 2.52 bits per heavy atom. The predicted molar refractivity (Wildman–Crippen MR) is 72.7 cm³/mol. The van der Waals surface area contributed by atoms with Gasteiger partial charge in [-0.1, -0.05) is 6.07 Å². The summed E-state index contributed by atoms with van der Waals surface area (Å²) in [7, 11) is 0. The molecule has 2 aromatic carbocycles. The van der Waals surface area contributed by atoms with Crippen LogP contribution in [0.1, 0.15) is 10.4 Å². The smallest absolute Gasteiger partial charge is 0.267 e. The molecule has 0 amide bonds. The van der Waals surface area contributed by atoms with E-state index in [2.05, 4.69) is 5.10 Å². The molecule has 0 bridgehead atoms. The highest BCUT2D eigenvalue weighted by atomic mass is 19.1. The molecule has 102 valence electrons. The molecule has 0 saturated carbocycles. The van der Waals surface area contributed by atoms with Crippen molar-refractivity contribution >= 4 is 5.91 Å². The van der Waals surface area contributed by atoms with E-state index in [-0.39, 0.29) is 17.3 Å². The fourth-order valence-electron chi connectivity index (χ4n) is 2.55. The largest absolute Gasteiger partial charge is 0.279 e. The minimum absolute atomic E-state index is 0.267. The fraction of sp³-hybridized carbons (Fsp3) is 0. The molecule has 3 aromatic rings. The van der Waals surface area contributed by atoms with E-state index in [0.29, 0.717) is 22.5 Å². The number of hydrogen-bond donors (Lipinski definition) is 0. The lowest BCUT2D eigenvalue weighted by Crippen LogP contribution is -2.08. The first-order valence-corrected chi connectivity index (χ1v) is 6.35. The lowest BCUT2D eigenvalue weighted by Gasteiger charge is -1.99. The Kier molecular flexibility index (Phi) is 2.33. The quantitative estimate of drug-likeness (QED) is 0.535. The first-order valence-electron chi connectivity index (χ1n) is 6.35. The van der Waals surface area contributed by atoms with Gasteiger partial charge >= 0.3 is 0 Å². The van der Waals surface area contributed by atoms with Gasteiger partial charge in [0.2, 0.25) is 0 Å². The highest BCUT2D eigenvalue weighted by Crippen LogP contribution is 2.36. The van der Waals surface area contributed by atoms with Crippen LogP contribution in [0, 0.1) is 11.6 Å². The molecule has 0 fully saturated rings. The maximum Gasteiger partial charge on any atom is 0.279 e. The second-order valence-electron chi connectivity index (χ2n) is 4.80. The summed E-state index contributed by atoms with van der Waals surface area (Å²) >= 11 is 0. The molecule has 1 aromatic heterocycles. The number of benzene rings is 2. The van der Waals surface area contributed by atoms with E-state index in [1.165, 1.54) is 28.9 Å². The SMILES string of the molecule is O=C1c2cccc(F)c2-c2cc(-c3ccc(F)cc3)nn21. The molecule has 0 atom stereocenters. The van der Waals surface area contributed by atoms with Crippen molar-refractivity contribution in [3.05, 3.63) is 65.7 Å². The summed E-state index contributed by atoms with van der Waals surface area (Å²) in [4.78, 5) is 12.2. The van der Waals surface area contributed by atoms with Gasteiger partial charge in [0.05, 0.1) is 17.0 Å². The highest BCUT2D eigenvalue weighted by Gasteiger charge is 2.31. The second kappa shape index (κ2) is 4.09. The van der Waals surface area contributed by atoms with Crippen LogP contribution in [-0.2, 0) is 0 Å². The molecule has 0 unspecified atom stereocenters. The van der Waals surface area contributed by atoms with Gasteiger partial charge in [0.1, 0.15) is 11.6 Å². The van der Waals surface area contributed by atoms with Crippen LogP contribution in [0.3, 0.4) is 0 Å². The van der Waals surface area contributed by atoms with E-state index in [4.69, 9.17) is 0 Å². The lowest BCUT2D eigenvalue weighted by atomic mass is 10.1. The summed E-state index contributed by atoms with van der Waals surface area (Å²) in [6, 6.07) is 11.8. The van der Waals surface area contributed by atoms with Gasteiger partial charge in [-0.05, 0) is 42.5 Å². The standard InChI is InChI=1S/C16H8F2N2O/c17-10-6-4-9(5-7-10)13-8-14-15-11(2-1-3-12(15)18)16(21)20(14)19-13/h1-8H. The predicted octanol–water partition coefficient (Wildman–Crippen LogP) is 3.50. The Bertz CT molecular complexity index is 882. The lowest BCUT2D eigenvalue weighted by molar-refractivity contribution is 0.0955. The topological polar surface area (TPSA) is 34.9 Å². The Balaban J connectivity index is 1.91. The minimum atomic E-state index is -0.454. The molecule has 1 aliphatic rings. The van der Waals surface area contributed by atoms with Gasteiger partial charge in [-0.25, -0.2) is 8.78 Å². The maximum atomic E-state index is 14.0. The molecular weight excluding hydrogens is 274 g/mol. The zero-order valence-corrected chi connectivity index (χ0v) is 10.7. The fourth-order valence-corrected chi connectivity index (χ4v) is 2.55. The average molecular weight is 282 g/mol. The van der Waals surface area contributed by atoms with Crippen molar-refractivity contribution in [1.82, 2.24) is 9.78 Å². The number of rotatable bonds is 1. The van der Waals surface area contributed by atoms with E-state index < -0.39 is 5.82 Å². The Hall–Kier alpha value is -2.82. The third-order valence-corrected chi connectivity index (χ3v) is 3.54. The number of fused-ring (bicyclic) bond motifs is 3. The Morgan fingerprint density at radius 1 is 1.00 bits per heavy atom. The first kappa shape index (κ1) is 12.0. The van der Waals surface area contributed by atoms with Gasteiger partial charge in [0.15, 0.2) is 0 Å². The first-order chi connectivity index (χ1) is 10.1. The van der Waals surface area contributed by atoms with E-state index in [0.717, 1.165) is 0 Å². The monoisotopic (exact) mass is 282 g/mol. The average Bonchev–Trinajstić information content (AvgIpc) is 3.01. The number of carbonyl (C=O) groups is 1. The summed E-state index contributed by atoms with van der Waals surface area (Å²) in [6.07, 6.45) is 0. The molecule has 5 heteroatoms. The Labute approximate surface area is 118 Å². The molecule has 2 heterocycles. The van der Waals surface area contributed by atoms with Crippen molar-refractivity contribution in [2.24, 2.45) is 0 Å². The van der Waals surface area contributed by atoms with Crippen molar-refractivity contribution in [3.8, 4) is 22.5 Å². The number of hydrogen-bond acceptors (Lipinski definition) is 2. The van der Waals surface area contributed by atoms with Crippen molar-refractivity contribution in [2.45, 2.75) is 0 Å². The molecule has 1 aliphatic heterocycles. The van der Waals surface area contributed by atoms with Gasteiger partial charge in [0, 0.05) is 11.1 Å². The molecule has 3 nitrogen and oxygen atoms in total. The van der Waals surface area contributed by atoms with Crippen LogP contribution >= 0.6 is 0 Å². The van der Waals surface area contributed by atoms with Gasteiger partial charge < -0.3 is 0 Å². The van der Waals surface area contributed by atoms with Crippen LogP contribution in [0.4, 0.5) is 8.78 Å². The normalized spacial score (nSPS) is 12.4. The van der Waals surface area contributed by atoms with E-state index >= 15 is 0 Å². The molecule has 0 spiro atoms. The highest BCUT2D eigenvalue weighted by molar-refractivity contribution is 6.08. The van der Waals surface area contributed by atoms with Gasteiger partial charge in [-0.2, -0.15) is 9.78 Å². The van der Waals surface area contributed by atoms with Gasteiger partial charge in [0.25, 0.3) is 5.91 Å². The summed E-state index contributed by atoms with van der Waals surface area (Å²) in [6.45, 7) is 0. The van der Waals surface area contributed by atoms with Gasteiger partial charge in [-0.3, -0.25) is 4.79 Å². The number of aromatic nitrogens is 2. The molecule has 21 heavy (non-hydrogen) atoms. The summed E-state index contributed by atoms with van der Waals surface area (Å²) < 4.78 is 28.1. The minimum Gasteiger partial charge on any atom is -0.267 e. The van der Waals surface area contributed by atoms with Crippen LogP contribution in [0.15, 0.2) is 48.5 Å². The number of nitrogens with zero attached hydrogens (tertiary/aromatic N) is 2. The van der Waals surface area contributed by atoms with Crippen molar-refractivity contribution < 1.29 is 13.6 Å². The summed E-state index contributed by atoms with van der Waals surface area (Å²) in [5, 5.41) is 4.21. The van der Waals surface area contributed by atoms with Crippen LogP contribution in [0.25, 0.3) is 22.5 Å². The van der Waals surface area contributed by atoms with E-state index in [1.54, 1.807) is 24.3 Å². The molecule has 0 saturated heterocycles. The summed E-state index contributed by atoms with van der Waals surface area (Å²) in [5.41, 5.74) is 2.18. The van der Waals surface area contributed by atoms with Crippen LogP contribution < -0.4 is 0 Å². The zero-order chi connectivity index (χ0) is 14.6. The number of carbonyl (C=O) groups excluding carboxylic acids is 1. The van der Waals surface area contributed by atoms with Crippen molar-refractivity contribution in [3.63, 3.8) is 0 Å². The third-order valence-electron chi connectivity index (χ3n) is 3.54. The molecule has 4 rings (SSSR count). The zero-order valence-electron chi connectivity index (χ0n) is 10.7. The van der Waals surface area contributed by atoms with Crippen LogP contribution in [0.2, 0.25) is 0 Å². The van der Waals surface area contributed by atoms with Crippen molar-refractivity contribution in [1.29, 1.82) is 0 Å². The second-order valence-corrected chi connectivity index (χ2v) is 4.80. The Morgan fingerprint density at radius 2 is 1.76 bits per heavy atom. The van der Waals surface area contributed by atoms with E-state index in [1.807, 2.05) is 0 Å². The van der Waals surface area contributed by atoms with Crippen LogP contribution in [-0.4, -0.2) is 15.7 Å². The molecular formula is C16H8F2N2O. The third kappa shape index (κ3) is 1.64.